The second-order valence-corrected chi connectivity index (χ2v) is 5.05. The molecule has 0 aliphatic heterocycles. The Kier molecular flexibility index (Phi) is 3.52. The largest absolute Gasteiger partial charge is 0.379 e. The number of aryl methyl sites for hydroxylation is 3. The van der Waals surface area contributed by atoms with Crippen molar-refractivity contribution in [2.75, 3.05) is 5.32 Å². The van der Waals surface area contributed by atoms with Crippen LogP contribution in [0.3, 0.4) is 0 Å². The predicted octanol–water partition coefficient (Wildman–Crippen LogP) is 3.41. The average molecular weight is 294 g/mol. The van der Waals surface area contributed by atoms with E-state index in [1.165, 1.54) is 15.6 Å². The lowest BCUT2D eigenvalue weighted by Gasteiger charge is -2.09. The zero-order valence-corrected chi connectivity index (χ0v) is 11.9. The number of aromatic nitrogens is 2. The van der Waals surface area contributed by atoms with Crippen LogP contribution in [0.4, 0.5) is 5.69 Å². The van der Waals surface area contributed by atoms with Crippen molar-refractivity contribution in [1.29, 1.82) is 0 Å². The van der Waals surface area contributed by atoms with E-state index in [1.807, 2.05) is 24.0 Å². The number of nitrogens with zero attached hydrogens (tertiary/aromatic N) is 2. The van der Waals surface area contributed by atoms with Crippen molar-refractivity contribution >= 4 is 21.6 Å². The molecule has 1 aromatic heterocycles. The zero-order valence-electron chi connectivity index (χ0n) is 10.3. The minimum atomic E-state index is 0.751. The Labute approximate surface area is 110 Å². The Balaban J connectivity index is 2.09. The summed E-state index contributed by atoms with van der Waals surface area (Å²) in [7, 11) is 1.93. The van der Waals surface area contributed by atoms with E-state index in [2.05, 4.69) is 52.3 Å². The Morgan fingerprint density at radius 2 is 1.94 bits per heavy atom. The van der Waals surface area contributed by atoms with Gasteiger partial charge >= 0.3 is 0 Å². The van der Waals surface area contributed by atoms with Crippen molar-refractivity contribution in [2.24, 2.45) is 7.05 Å². The van der Waals surface area contributed by atoms with E-state index >= 15 is 0 Å². The molecule has 2 aromatic rings. The molecule has 0 bridgehead atoms. The Bertz CT molecular complexity index is 508. The minimum absolute atomic E-state index is 0.751. The Morgan fingerprint density at radius 1 is 1.29 bits per heavy atom. The Hall–Kier alpha value is -1.29. The molecule has 3 nitrogen and oxygen atoms in total. The molecule has 2 rings (SSSR count). The molecule has 1 aromatic carbocycles. The molecule has 0 saturated heterocycles. The van der Waals surface area contributed by atoms with E-state index in [4.69, 9.17) is 0 Å². The molecule has 0 spiro atoms. The fourth-order valence-corrected chi connectivity index (χ4v) is 2.03. The molecule has 1 N–H and O–H groups in total. The lowest BCUT2D eigenvalue weighted by molar-refractivity contribution is 0.747. The molecule has 90 valence electrons. The van der Waals surface area contributed by atoms with E-state index in [0.29, 0.717) is 0 Å². The van der Waals surface area contributed by atoms with Crippen molar-refractivity contribution in [2.45, 2.75) is 20.4 Å². The van der Waals surface area contributed by atoms with Crippen LogP contribution in [0.1, 0.15) is 16.8 Å². The lowest BCUT2D eigenvalue weighted by atomic mass is 10.1. The van der Waals surface area contributed by atoms with Gasteiger partial charge in [0.15, 0.2) is 0 Å². The van der Waals surface area contributed by atoms with Crippen LogP contribution in [0.2, 0.25) is 0 Å². The van der Waals surface area contributed by atoms with Crippen LogP contribution >= 0.6 is 15.9 Å². The predicted molar refractivity (Wildman–Crippen MR) is 74.2 cm³/mol. The molecule has 4 heteroatoms. The molecule has 0 saturated carbocycles. The molecule has 0 aliphatic carbocycles. The molecule has 0 amide bonds. The summed E-state index contributed by atoms with van der Waals surface area (Å²) >= 11 is 3.57. The number of anilines is 1. The fourth-order valence-electron chi connectivity index (χ4n) is 1.80. The van der Waals surface area contributed by atoms with Crippen LogP contribution in [0.5, 0.6) is 0 Å². The van der Waals surface area contributed by atoms with Gasteiger partial charge in [0.2, 0.25) is 0 Å². The normalized spacial score (nSPS) is 10.6. The molecule has 1 heterocycles. The number of nitrogens with one attached hydrogen (secondary N) is 1. The number of rotatable bonds is 3. The molecule has 0 unspecified atom stereocenters. The van der Waals surface area contributed by atoms with Crippen LogP contribution in [0.25, 0.3) is 0 Å². The first-order valence-electron chi connectivity index (χ1n) is 5.55. The second kappa shape index (κ2) is 4.92. The third-order valence-electron chi connectivity index (χ3n) is 2.68. The van der Waals surface area contributed by atoms with Gasteiger partial charge in [-0.2, -0.15) is 5.10 Å². The number of benzene rings is 1. The van der Waals surface area contributed by atoms with Gasteiger partial charge in [-0.15, -0.1) is 0 Å². The molecule has 0 atom stereocenters. The van der Waals surface area contributed by atoms with Crippen molar-refractivity contribution in [3.05, 3.63) is 45.7 Å². The quantitative estimate of drug-likeness (QED) is 0.940. The van der Waals surface area contributed by atoms with Crippen molar-refractivity contribution < 1.29 is 0 Å². The summed E-state index contributed by atoms with van der Waals surface area (Å²) < 4.78 is 3.00. The van der Waals surface area contributed by atoms with Gasteiger partial charge in [0, 0.05) is 23.4 Å². The van der Waals surface area contributed by atoms with E-state index < -0.39 is 0 Å². The van der Waals surface area contributed by atoms with Gasteiger partial charge in [0.1, 0.15) is 0 Å². The van der Waals surface area contributed by atoms with Crippen LogP contribution in [0.15, 0.2) is 28.9 Å². The van der Waals surface area contributed by atoms with Gasteiger partial charge in [0.25, 0.3) is 0 Å². The number of hydrogen-bond donors (Lipinski definition) is 1. The van der Waals surface area contributed by atoms with E-state index in [-0.39, 0.29) is 0 Å². The molecule has 17 heavy (non-hydrogen) atoms. The summed E-state index contributed by atoms with van der Waals surface area (Å²) in [5.74, 6) is 0. The maximum Gasteiger partial charge on any atom is 0.0815 e. The monoisotopic (exact) mass is 293 g/mol. The van der Waals surface area contributed by atoms with Crippen molar-refractivity contribution in [3.8, 4) is 0 Å². The highest BCUT2D eigenvalue weighted by atomic mass is 79.9. The highest BCUT2D eigenvalue weighted by Gasteiger charge is 2.03. The topological polar surface area (TPSA) is 29.9 Å². The summed E-state index contributed by atoms with van der Waals surface area (Å²) in [6.07, 6.45) is 1.95. The molecule has 0 radical (unpaired) electrons. The fraction of sp³-hybridized carbons (Fsp3) is 0.308. The summed E-state index contributed by atoms with van der Waals surface area (Å²) in [5, 5.41) is 7.72. The van der Waals surface area contributed by atoms with Gasteiger partial charge in [-0.25, -0.2) is 0 Å². The lowest BCUT2D eigenvalue weighted by Crippen LogP contribution is -2.02. The maximum absolute atomic E-state index is 4.33. The van der Waals surface area contributed by atoms with Crippen molar-refractivity contribution in [3.63, 3.8) is 0 Å². The summed E-state index contributed by atoms with van der Waals surface area (Å²) in [5.41, 5.74) is 4.67. The summed E-state index contributed by atoms with van der Waals surface area (Å²) in [4.78, 5) is 0. The van der Waals surface area contributed by atoms with Gasteiger partial charge in [0.05, 0.1) is 12.2 Å². The van der Waals surface area contributed by atoms with Crippen LogP contribution in [-0.2, 0) is 13.6 Å². The van der Waals surface area contributed by atoms with Gasteiger partial charge in [-0.1, -0.05) is 15.9 Å². The molecule has 0 aliphatic rings. The SMILES string of the molecule is Cc1cc(NCc2ccn(C)n2)cc(C)c1Br. The number of hydrogen-bond acceptors (Lipinski definition) is 2. The van der Waals surface area contributed by atoms with E-state index in [1.54, 1.807) is 0 Å². The maximum atomic E-state index is 4.33. The first-order chi connectivity index (χ1) is 8.06. The molecular weight excluding hydrogens is 278 g/mol. The smallest absolute Gasteiger partial charge is 0.0815 e. The van der Waals surface area contributed by atoms with Crippen LogP contribution < -0.4 is 5.32 Å². The Morgan fingerprint density at radius 3 is 2.47 bits per heavy atom. The van der Waals surface area contributed by atoms with Gasteiger partial charge in [-0.3, -0.25) is 4.68 Å². The minimum Gasteiger partial charge on any atom is -0.379 e. The first-order valence-corrected chi connectivity index (χ1v) is 6.34. The zero-order chi connectivity index (χ0) is 12.4. The second-order valence-electron chi connectivity index (χ2n) is 4.26. The van der Waals surface area contributed by atoms with E-state index in [9.17, 15) is 0 Å². The van der Waals surface area contributed by atoms with Crippen molar-refractivity contribution in [1.82, 2.24) is 9.78 Å². The molecule has 0 fully saturated rings. The van der Waals surface area contributed by atoms with Crippen LogP contribution in [0, 0.1) is 13.8 Å². The summed E-state index contributed by atoms with van der Waals surface area (Å²) in [6, 6.07) is 6.30. The number of halogens is 1. The highest BCUT2D eigenvalue weighted by molar-refractivity contribution is 9.10. The molecular formula is C13H16BrN3. The van der Waals surface area contributed by atoms with Gasteiger partial charge in [-0.05, 0) is 43.2 Å². The summed E-state index contributed by atoms with van der Waals surface area (Å²) in [6.45, 7) is 4.95. The third kappa shape index (κ3) is 2.88. The standard InChI is InChI=1S/C13H16BrN3/c1-9-6-12(7-10(2)13(9)14)15-8-11-4-5-17(3)16-11/h4-7,15H,8H2,1-3H3. The first kappa shape index (κ1) is 12.2. The van der Waals surface area contributed by atoms with Crippen LogP contribution in [-0.4, -0.2) is 9.78 Å². The average Bonchev–Trinajstić information content (AvgIpc) is 2.69. The van der Waals surface area contributed by atoms with E-state index in [0.717, 1.165) is 17.9 Å². The third-order valence-corrected chi connectivity index (χ3v) is 3.93. The highest BCUT2D eigenvalue weighted by Crippen LogP contribution is 2.25. The van der Waals surface area contributed by atoms with Gasteiger partial charge < -0.3 is 5.32 Å².